The number of fused-ring (bicyclic) bond motifs is 2. The minimum Gasteiger partial charge on any atom is -0.365 e. The van der Waals surface area contributed by atoms with Crippen molar-refractivity contribution in [2.75, 3.05) is 16.8 Å². The zero-order chi connectivity index (χ0) is 20.8. The zero-order valence-electron chi connectivity index (χ0n) is 17.3. The van der Waals surface area contributed by atoms with E-state index in [9.17, 15) is 4.79 Å². The summed E-state index contributed by atoms with van der Waals surface area (Å²) < 4.78 is 1.73. The van der Waals surface area contributed by atoms with Crippen molar-refractivity contribution >= 4 is 39.7 Å². The summed E-state index contributed by atoms with van der Waals surface area (Å²) in [6, 6.07) is 12.1. The number of nitrogens with one attached hydrogen (secondary N) is 1. The van der Waals surface area contributed by atoms with E-state index in [0.717, 1.165) is 53.3 Å². The van der Waals surface area contributed by atoms with Crippen molar-refractivity contribution in [3.8, 4) is 0 Å². The van der Waals surface area contributed by atoms with Gasteiger partial charge in [-0.05, 0) is 55.5 Å². The third-order valence-corrected chi connectivity index (χ3v) is 6.66. The molecule has 0 radical (unpaired) electrons. The Morgan fingerprint density at radius 1 is 1.20 bits per heavy atom. The normalized spacial score (nSPS) is 13.5. The molecule has 3 aromatic heterocycles. The second-order valence-corrected chi connectivity index (χ2v) is 8.73. The van der Waals surface area contributed by atoms with Crippen molar-refractivity contribution in [3.63, 3.8) is 0 Å². The summed E-state index contributed by atoms with van der Waals surface area (Å²) in [5.41, 5.74) is 6.19. The lowest BCUT2D eigenvalue weighted by Crippen LogP contribution is -2.30. The summed E-state index contributed by atoms with van der Waals surface area (Å²) >= 11 is 1.83. The maximum atomic E-state index is 13.3. The topological polar surface area (TPSA) is 63.1 Å². The third-order valence-electron chi connectivity index (χ3n) is 5.64. The minimum absolute atomic E-state index is 0.137. The maximum absolute atomic E-state index is 13.3. The second-order valence-electron chi connectivity index (χ2n) is 7.73. The average molecular weight is 418 g/mol. The van der Waals surface area contributed by atoms with E-state index in [1.54, 1.807) is 4.68 Å². The van der Waals surface area contributed by atoms with Gasteiger partial charge in [-0.25, -0.2) is 4.98 Å². The van der Waals surface area contributed by atoms with Crippen molar-refractivity contribution in [1.29, 1.82) is 0 Å². The molecule has 152 valence electrons. The highest BCUT2D eigenvalue weighted by molar-refractivity contribution is 7.10. The summed E-state index contributed by atoms with van der Waals surface area (Å²) in [4.78, 5) is 21.7. The van der Waals surface area contributed by atoms with Gasteiger partial charge in [-0.1, -0.05) is 12.1 Å². The molecule has 0 saturated carbocycles. The molecular formula is C23H23N5OS. The van der Waals surface area contributed by atoms with Crippen molar-refractivity contribution in [2.45, 2.75) is 26.8 Å². The van der Waals surface area contributed by atoms with Crippen LogP contribution in [0.4, 0.5) is 11.4 Å². The van der Waals surface area contributed by atoms with Crippen LogP contribution in [0.3, 0.4) is 0 Å². The number of amides is 1. The molecule has 4 heterocycles. The summed E-state index contributed by atoms with van der Waals surface area (Å²) in [7, 11) is 1.85. The van der Waals surface area contributed by atoms with Gasteiger partial charge in [0.15, 0.2) is 5.65 Å². The summed E-state index contributed by atoms with van der Waals surface area (Å²) in [5, 5.41) is 10.6. The van der Waals surface area contributed by atoms with Gasteiger partial charge in [0.1, 0.15) is 0 Å². The van der Waals surface area contributed by atoms with Crippen LogP contribution in [-0.4, -0.2) is 27.2 Å². The van der Waals surface area contributed by atoms with Crippen molar-refractivity contribution in [2.24, 2.45) is 7.05 Å². The molecule has 6 nitrogen and oxygen atoms in total. The molecule has 4 aromatic rings. The van der Waals surface area contributed by atoms with Crippen LogP contribution in [0.5, 0.6) is 0 Å². The molecule has 1 amide bonds. The number of pyridine rings is 1. The monoisotopic (exact) mass is 417 g/mol. The molecule has 1 N–H and O–H groups in total. The molecule has 0 bridgehead atoms. The highest BCUT2D eigenvalue weighted by atomic mass is 32.1. The van der Waals surface area contributed by atoms with E-state index >= 15 is 0 Å². The number of benzene rings is 1. The number of hydrogen-bond donors (Lipinski definition) is 1. The smallest absolute Gasteiger partial charge is 0.256 e. The largest absolute Gasteiger partial charge is 0.365 e. The van der Waals surface area contributed by atoms with E-state index in [1.165, 1.54) is 10.4 Å². The SMILES string of the molecule is Cc1cc(C(=O)Nc2ccccc2N2CCc3sccc3C2)c2c(C)nn(C)c2n1. The van der Waals surface area contributed by atoms with Gasteiger partial charge in [0.2, 0.25) is 0 Å². The van der Waals surface area contributed by atoms with Crippen LogP contribution >= 0.6 is 11.3 Å². The molecule has 7 heteroatoms. The summed E-state index contributed by atoms with van der Waals surface area (Å²) in [6.07, 6.45) is 1.04. The molecule has 5 rings (SSSR count). The predicted octanol–water partition coefficient (Wildman–Crippen LogP) is 4.46. The lowest BCUT2D eigenvalue weighted by molar-refractivity contribution is 0.102. The Balaban J connectivity index is 1.49. The predicted molar refractivity (Wildman–Crippen MR) is 121 cm³/mol. The molecule has 1 aliphatic rings. The lowest BCUT2D eigenvalue weighted by atomic mass is 10.1. The fraction of sp³-hybridized carbons (Fsp3) is 0.261. The Bertz CT molecular complexity index is 1270. The average Bonchev–Trinajstić information content (AvgIpc) is 3.31. The first-order chi connectivity index (χ1) is 14.5. The number of rotatable bonds is 3. The van der Waals surface area contributed by atoms with Crippen LogP contribution in [0.25, 0.3) is 11.0 Å². The number of aryl methyl sites for hydroxylation is 3. The van der Waals surface area contributed by atoms with Gasteiger partial charge in [-0.2, -0.15) is 5.10 Å². The number of nitrogens with zero attached hydrogens (tertiary/aromatic N) is 4. The Hall–Kier alpha value is -3.19. The summed E-state index contributed by atoms with van der Waals surface area (Å²) in [5.74, 6) is -0.137. The number of aromatic nitrogens is 3. The molecule has 0 saturated heterocycles. The molecule has 0 spiro atoms. The maximum Gasteiger partial charge on any atom is 0.256 e. The van der Waals surface area contributed by atoms with Crippen molar-refractivity contribution in [1.82, 2.24) is 14.8 Å². The number of anilines is 2. The highest BCUT2D eigenvalue weighted by Crippen LogP contribution is 2.33. The number of carbonyl (C=O) groups is 1. The van der Waals surface area contributed by atoms with Gasteiger partial charge >= 0.3 is 0 Å². The number of para-hydroxylation sites is 2. The first kappa shape index (κ1) is 18.8. The van der Waals surface area contributed by atoms with E-state index in [-0.39, 0.29) is 5.91 Å². The lowest BCUT2D eigenvalue weighted by Gasteiger charge is -2.30. The number of carbonyl (C=O) groups excluding carboxylic acids is 1. The van der Waals surface area contributed by atoms with E-state index in [1.807, 2.05) is 56.5 Å². The van der Waals surface area contributed by atoms with Gasteiger partial charge in [0.05, 0.1) is 28.0 Å². The van der Waals surface area contributed by atoms with E-state index in [0.29, 0.717) is 5.56 Å². The molecular weight excluding hydrogens is 394 g/mol. The highest BCUT2D eigenvalue weighted by Gasteiger charge is 2.22. The molecule has 0 atom stereocenters. The molecule has 0 unspecified atom stereocenters. The standard InChI is InChI=1S/C23H23N5OS/c1-14-12-17(21-15(2)26-27(3)22(21)24-14)23(29)25-18-6-4-5-7-19(18)28-10-8-20-16(13-28)9-11-30-20/h4-7,9,11-12H,8,10,13H2,1-3H3,(H,25,29). The van der Waals surface area contributed by atoms with Crippen LogP contribution in [0.15, 0.2) is 41.8 Å². The molecule has 1 aromatic carbocycles. The summed E-state index contributed by atoms with van der Waals surface area (Å²) in [6.45, 7) is 5.63. The second kappa shape index (κ2) is 7.25. The van der Waals surface area contributed by atoms with Gasteiger partial charge in [-0.3, -0.25) is 9.48 Å². The first-order valence-corrected chi connectivity index (χ1v) is 10.9. The fourth-order valence-corrected chi connectivity index (χ4v) is 5.14. The van der Waals surface area contributed by atoms with E-state index in [2.05, 4.69) is 37.8 Å². The van der Waals surface area contributed by atoms with Gasteiger partial charge in [0.25, 0.3) is 5.91 Å². The van der Waals surface area contributed by atoms with Gasteiger partial charge in [-0.15, -0.1) is 11.3 Å². The molecule has 1 aliphatic heterocycles. The Morgan fingerprint density at radius 3 is 2.90 bits per heavy atom. The Labute approximate surface area is 179 Å². The van der Waals surface area contributed by atoms with Crippen LogP contribution in [-0.2, 0) is 20.0 Å². The first-order valence-electron chi connectivity index (χ1n) is 10.0. The molecule has 30 heavy (non-hydrogen) atoms. The number of thiophene rings is 1. The Morgan fingerprint density at radius 2 is 2.03 bits per heavy atom. The zero-order valence-corrected chi connectivity index (χ0v) is 18.1. The number of hydrogen-bond acceptors (Lipinski definition) is 5. The quantitative estimate of drug-likeness (QED) is 0.535. The van der Waals surface area contributed by atoms with Gasteiger partial charge < -0.3 is 10.2 Å². The fourth-order valence-electron chi connectivity index (χ4n) is 4.25. The third kappa shape index (κ3) is 3.15. The van der Waals surface area contributed by atoms with Crippen LogP contribution in [0.1, 0.15) is 32.2 Å². The minimum atomic E-state index is -0.137. The van der Waals surface area contributed by atoms with Crippen LogP contribution in [0.2, 0.25) is 0 Å². The van der Waals surface area contributed by atoms with Crippen LogP contribution in [0, 0.1) is 13.8 Å². The van der Waals surface area contributed by atoms with E-state index < -0.39 is 0 Å². The molecule has 0 aliphatic carbocycles. The van der Waals surface area contributed by atoms with Crippen molar-refractivity contribution < 1.29 is 4.79 Å². The van der Waals surface area contributed by atoms with E-state index in [4.69, 9.17) is 0 Å². The van der Waals surface area contributed by atoms with Gasteiger partial charge in [0, 0.05) is 30.7 Å². The molecule has 0 fully saturated rings. The Kier molecular flexibility index (Phi) is 4.55. The van der Waals surface area contributed by atoms with Crippen molar-refractivity contribution in [3.05, 3.63) is 69.2 Å². The van der Waals surface area contributed by atoms with Crippen LogP contribution < -0.4 is 10.2 Å².